The van der Waals surface area contributed by atoms with E-state index < -0.39 is 0 Å². The molecule has 0 radical (unpaired) electrons. The normalized spacial score (nSPS) is 10.9. The van der Waals surface area contributed by atoms with Crippen molar-refractivity contribution in [3.05, 3.63) is 106 Å². The molecule has 0 unspecified atom stereocenters. The molecule has 140 valence electrons. The maximum absolute atomic E-state index is 12.7. The molecular formula is C23H19BrN2O2. The Bertz CT molecular complexity index is 1080. The lowest BCUT2D eigenvalue weighted by atomic mass is 10.0. The molecule has 28 heavy (non-hydrogen) atoms. The van der Waals surface area contributed by atoms with E-state index in [1.54, 1.807) is 12.1 Å². The van der Waals surface area contributed by atoms with Crippen molar-refractivity contribution in [1.29, 1.82) is 0 Å². The van der Waals surface area contributed by atoms with Gasteiger partial charge in [-0.3, -0.25) is 4.79 Å². The zero-order chi connectivity index (χ0) is 19.5. The molecule has 0 N–H and O–H groups in total. The monoisotopic (exact) mass is 434 g/mol. The number of carbonyl (C=O) groups is 1. The third kappa shape index (κ3) is 3.85. The highest BCUT2D eigenvalue weighted by atomic mass is 79.9. The van der Waals surface area contributed by atoms with Crippen LogP contribution in [0.15, 0.2) is 81.9 Å². The minimum absolute atomic E-state index is 0.0437. The van der Waals surface area contributed by atoms with Crippen LogP contribution in [0.1, 0.15) is 33.1 Å². The van der Waals surface area contributed by atoms with Crippen LogP contribution in [-0.4, -0.2) is 15.6 Å². The van der Waals surface area contributed by atoms with Gasteiger partial charge in [-0.15, -0.1) is 0 Å². The summed E-state index contributed by atoms with van der Waals surface area (Å²) in [6.07, 6.45) is 2.47. The first-order valence-corrected chi connectivity index (χ1v) is 9.85. The smallest absolute Gasteiger partial charge is 0.202 e. The minimum atomic E-state index is -0.0437. The van der Waals surface area contributed by atoms with Crippen molar-refractivity contribution in [2.75, 3.05) is 0 Å². The summed E-state index contributed by atoms with van der Waals surface area (Å²) in [5.41, 5.74) is 4.97. The van der Waals surface area contributed by atoms with E-state index >= 15 is 0 Å². The van der Waals surface area contributed by atoms with E-state index in [2.05, 4.69) is 28.1 Å². The Balaban J connectivity index is 1.77. The molecule has 2 aromatic heterocycles. The van der Waals surface area contributed by atoms with Gasteiger partial charge >= 0.3 is 0 Å². The molecule has 0 saturated heterocycles. The van der Waals surface area contributed by atoms with Crippen LogP contribution < -0.4 is 0 Å². The molecule has 4 aromatic rings. The molecule has 0 atom stereocenters. The fraction of sp³-hybridized carbons (Fsp3) is 0.130. The van der Waals surface area contributed by atoms with Crippen molar-refractivity contribution in [3.8, 4) is 5.69 Å². The lowest BCUT2D eigenvalue weighted by Gasteiger charge is -2.10. The average Bonchev–Trinajstić information content (AvgIpc) is 3.35. The van der Waals surface area contributed by atoms with Crippen LogP contribution in [0.4, 0.5) is 0 Å². The lowest BCUT2D eigenvalue weighted by Crippen LogP contribution is -2.08. The number of para-hydroxylation sites is 1. The number of aryl methyl sites for hydroxylation is 1. The number of carbonyl (C=O) groups excluding carboxylic acids is 1. The Morgan fingerprint density at radius 1 is 1.04 bits per heavy atom. The zero-order valence-electron chi connectivity index (χ0n) is 15.4. The predicted octanol–water partition coefficient (Wildman–Crippen LogP) is 5.55. The number of rotatable bonds is 6. The number of Topliss-reactive ketones (excluding diaryl/α,β-unsaturated/α-hetero) is 1. The number of halogens is 1. The van der Waals surface area contributed by atoms with Crippen molar-refractivity contribution in [2.45, 2.75) is 19.8 Å². The third-order valence-corrected chi connectivity index (χ3v) is 5.24. The maximum atomic E-state index is 12.7. The summed E-state index contributed by atoms with van der Waals surface area (Å²) >= 11 is 3.48. The van der Waals surface area contributed by atoms with Gasteiger partial charge in [-0.25, -0.2) is 4.68 Å². The summed E-state index contributed by atoms with van der Waals surface area (Å²) in [6.45, 7) is 1.95. The molecule has 0 aliphatic carbocycles. The fourth-order valence-electron chi connectivity index (χ4n) is 3.28. The van der Waals surface area contributed by atoms with E-state index in [1.807, 2.05) is 54.1 Å². The van der Waals surface area contributed by atoms with Crippen LogP contribution in [0, 0.1) is 6.92 Å². The van der Waals surface area contributed by atoms with Gasteiger partial charge in [-0.05, 0) is 48.9 Å². The Morgan fingerprint density at radius 2 is 1.79 bits per heavy atom. The molecule has 0 amide bonds. The molecule has 0 fully saturated rings. The number of ketones is 1. The van der Waals surface area contributed by atoms with Gasteiger partial charge in [-0.1, -0.05) is 46.3 Å². The van der Waals surface area contributed by atoms with E-state index in [4.69, 9.17) is 9.52 Å². The van der Waals surface area contributed by atoms with Gasteiger partial charge in [0.2, 0.25) is 5.78 Å². The second-order valence-corrected chi connectivity index (χ2v) is 7.55. The van der Waals surface area contributed by atoms with Crippen molar-refractivity contribution in [2.24, 2.45) is 0 Å². The Hall–Kier alpha value is -2.92. The second-order valence-electron chi connectivity index (χ2n) is 6.64. The maximum Gasteiger partial charge on any atom is 0.202 e. The average molecular weight is 435 g/mol. The summed E-state index contributed by atoms with van der Waals surface area (Å²) in [4.78, 5) is 12.7. The van der Waals surface area contributed by atoms with Crippen molar-refractivity contribution < 1.29 is 9.21 Å². The number of furan rings is 1. The molecule has 0 bridgehead atoms. The standard InChI is InChI=1S/C23H19BrN2O2/c1-16-20(15-22(27)23-8-5-13-28-23)21(14-17-9-11-18(24)12-10-17)26(25-16)19-6-3-2-4-7-19/h2-13H,14-15H2,1H3. The van der Waals surface area contributed by atoms with Gasteiger partial charge in [-0.2, -0.15) is 5.10 Å². The van der Waals surface area contributed by atoms with Crippen LogP contribution in [0.25, 0.3) is 5.69 Å². The zero-order valence-corrected chi connectivity index (χ0v) is 17.0. The van der Waals surface area contributed by atoms with E-state index in [1.165, 1.54) is 6.26 Å². The van der Waals surface area contributed by atoms with E-state index in [-0.39, 0.29) is 12.2 Å². The second kappa shape index (κ2) is 7.98. The SMILES string of the molecule is Cc1nn(-c2ccccc2)c(Cc2ccc(Br)cc2)c1CC(=O)c1ccco1. The van der Waals surface area contributed by atoms with Crippen LogP contribution >= 0.6 is 15.9 Å². The van der Waals surface area contributed by atoms with E-state index in [0.717, 1.165) is 32.7 Å². The van der Waals surface area contributed by atoms with Crippen molar-refractivity contribution in [3.63, 3.8) is 0 Å². The highest BCUT2D eigenvalue weighted by Crippen LogP contribution is 2.24. The molecule has 5 heteroatoms. The predicted molar refractivity (Wildman–Crippen MR) is 112 cm³/mol. The summed E-state index contributed by atoms with van der Waals surface area (Å²) in [6, 6.07) is 21.7. The first-order valence-electron chi connectivity index (χ1n) is 9.06. The van der Waals surface area contributed by atoms with Gasteiger partial charge in [0, 0.05) is 22.9 Å². The molecule has 0 saturated carbocycles. The van der Waals surface area contributed by atoms with Crippen LogP contribution in [0.5, 0.6) is 0 Å². The molecular weight excluding hydrogens is 416 g/mol. The number of nitrogens with zero attached hydrogens (tertiary/aromatic N) is 2. The highest BCUT2D eigenvalue weighted by molar-refractivity contribution is 9.10. The van der Waals surface area contributed by atoms with Crippen molar-refractivity contribution >= 4 is 21.7 Å². The molecule has 0 aliphatic heterocycles. The highest BCUT2D eigenvalue weighted by Gasteiger charge is 2.21. The Morgan fingerprint density at radius 3 is 2.46 bits per heavy atom. The van der Waals surface area contributed by atoms with Crippen LogP contribution in [0.3, 0.4) is 0 Å². The fourth-order valence-corrected chi connectivity index (χ4v) is 3.55. The van der Waals surface area contributed by atoms with Crippen molar-refractivity contribution in [1.82, 2.24) is 9.78 Å². The first kappa shape index (κ1) is 18.4. The molecule has 4 nitrogen and oxygen atoms in total. The largest absolute Gasteiger partial charge is 0.461 e. The van der Waals surface area contributed by atoms with E-state index in [0.29, 0.717) is 12.2 Å². The van der Waals surface area contributed by atoms with Gasteiger partial charge in [0.25, 0.3) is 0 Å². The number of benzene rings is 2. The van der Waals surface area contributed by atoms with Gasteiger partial charge < -0.3 is 4.42 Å². The molecule has 4 rings (SSSR count). The summed E-state index contributed by atoms with van der Waals surface area (Å²) < 4.78 is 8.27. The summed E-state index contributed by atoms with van der Waals surface area (Å²) in [7, 11) is 0. The third-order valence-electron chi connectivity index (χ3n) is 4.71. The molecule has 0 aliphatic rings. The minimum Gasteiger partial charge on any atom is -0.461 e. The first-order chi connectivity index (χ1) is 13.6. The number of hydrogen-bond donors (Lipinski definition) is 0. The Kier molecular flexibility index (Phi) is 5.26. The van der Waals surface area contributed by atoms with Gasteiger partial charge in [0.15, 0.2) is 5.76 Å². The molecule has 2 heterocycles. The van der Waals surface area contributed by atoms with Gasteiger partial charge in [0.1, 0.15) is 0 Å². The number of aromatic nitrogens is 2. The Labute approximate surface area is 171 Å². The molecule has 0 spiro atoms. The molecule has 2 aromatic carbocycles. The van der Waals surface area contributed by atoms with Crippen LogP contribution in [0.2, 0.25) is 0 Å². The quantitative estimate of drug-likeness (QED) is 0.373. The summed E-state index contributed by atoms with van der Waals surface area (Å²) in [5.74, 6) is 0.333. The lowest BCUT2D eigenvalue weighted by molar-refractivity contribution is 0.0966. The van der Waals surface area contributed by atoms with Gasteiger partial charge in [0.05, 0.1) is 23.3 Å². The number of hydrogen-bond acceptors (Lipinski definition) is 3. The van der Waals surface area contributed by atoms with Crippen LogP contribution in [-0.2, 0) is 12.8 Å². The van der Waals surface area contributed by atoms with E-state index in [9.17, 15) is 4.79 Å². The topological polar surface area (TPSA) is 48.0 Å². The summed E-state index contributed by atoms with van der Waals surface area (Å²) in [5, 5.41) is 4.75.